The number of nitriles is 1. The SMILES string of the molecule is CCCC(=O)c1cccc(NC(=O)c2c(C)nsc2Cc2ccc(C#N)cn2)c1. The van der Waals surface area contributed by atoms with Crippen molar-refractivity contribution in [1.82, 2.24) is 9.36 Å². The van der Waals surface area contributed by atoms with Crippen LogP contribution in [0.4, 0.5) is 5.69 Å². The van der Waals surface area contributed by atoms with Gasteiger partial charge in [0.15, 0.2) is 5.78 Å². The first-order valence-electron chi connectivity index (χ1n) is 9.26. The number of ketones is 1. The van der Waals surface area contributed by atoms with Crippen LogP contribution in [0.2, 0.25) is 0 Å². The molecule has 0 aliphatic rings. The number of aryl methyl sites for hydroxylation is 1. The predicted octanol–water partition coefficient (Wildman–Crippen LogP) is 4.54. The summed E-state index contributed by atoms with van der Waals surface area (Å²) in [4.78, 5) is 30.1. The van der Waals surface area contributed by atoms with Crippen molar-refractivity contribution < 1.29 is 9.59 Å². The number of carbonyl (C=O) groups excluding carboxylic acids is 2. The molecular formula is C22H20N4O2S. The number of nitrogens with zero attached hydrogens (tertiary/aromatic N) is 3. The highest BCUT2D eigenvalue weighted by atomic mass is 32.1. The van der Waals surface area contributed by atoms with Crippen LogP contribution in [0.5, 0.6) is 0 Å². The average molecular weight is 404 g/mol. The molecule has 0 saturated heterocycles. The molecule has 0 radical (unpaired) electrons. The van der Waals surface area contributed by atoms with E-state index in [0.29, 0.717) is 40.9 Å². The maximum Gasteiger partial charge on any atom is 0.258 e. The Morgan fingerprint density at radius 3 is 2.76 bits per heavy atom. The highest BCUT2D eigenvalue weighted by Gasteiger charge is 2.19. The van der Waals surface area contributed by atoms with Gasteiger partial charge in [-0.1, -0.05) is 19.1 Å². The first kappa shape index (κ1) is 20.4. The Morgan fingerprint density at radius 2 is 2.07 bits per heavy atom. The van der Waals surface area contributed by atoms with Gasteiger partial charge in [0.2, 0.25) is 0 Å². The van der Waals surface area contributed by atoms with E-state index in [4.69, 9.17) is 5.26 Å². The van der Waals surface area contributed by atoms with E-state index in [0.717, 1.165) is 17.0 Å². The van der Waals surface area contributed by atoms with Crippen molar-refractivity contribution in [3.8, 4) is 6.07 Å². The molecule has 1 amide bonds. The third kappa shape index (κ3) is 4.92. The summed E-state index contributed by atoms with van der Waals surface area (Å²) in [6, 6.07) is 12.5. The summed E-state index contributed by atoms with van der Waals surface area (Å²) in [5, 5.41) is 11.8. The number of Topliss-reactive ketones (excluding diaryl/α,β-unsaturated/α-hetero) is 1. The second-order valence-corrected chi connectivity index (χ2v) is 7.46. The van der Waals surface area contributed by atoms with Gasteiger partial charge in [0.25, 0.3) is 5.91 Å². The second-order valence-electron chi connectivity index (χ2n) is 6.60. The van der Waals surface area contributed by atoms with Crippen molar-refractivity contribution in [2.45, 2.75) is 33.1 Å². The molecule has 0 aliphatic carbocycles. The van der Waals surface area contributed by atoms with Crippen LogP contribution in [0.25, 0.3) is 0 Å². The lowest BCUT2D eigenvalue weighted by atomic mass is 10.1. The van der Waals surface area contributed by atoms with Crippen molar-refractivity contribution in [2.24, 2.45) is 0 Å². The Morgan fingerprint density at radius 1 is 1.24 bits per heavy atom. The minimum Gasteiger partial charge on any atom is -0.322 e. The first-order chi connectivity index (χ1) is 14.0. The number of amides is 1. The van der Waals surface area contributed by atoms with E-state index < -0.39 is 0 Å². The molecule has 2 heterocycles. The zero-order chi connectivity index (χ0) is 20.8. The molecule has 0 aliphatic heterocycles. The van der Waals surface area contributed by atoms with Gasteiger partial charge >= 0.3 is 0 Å². The summed E-state index contributed by atoms with van der Waals surface area (Å²) in [5.41, 5.74) is 3.58. The normalized spacial score (nSPS) is 10.4. The quantitative estimate of drug-likeness (QED) is 0.583. The third-order valence-electron chi connectivity index (χ3n) is 4.38. The largest absolute Gasteiger partial charge is 0.322 e. The molecule has 0 spiro atoms. The molecule has 29 heavy (non-hydrogen) atoms. The molecule has 0 atom stereocenters. The topological polar surface area (TPSA) is 95.7 Å². The van der Waals surface area contributed by atoms with Crippen LogP contribution in [-0.2, 0) is 6.42 Å². The smallest absolute Gasteiger partial charge is 0.258 e. The average Bonchev–Trinajstić information content (AvgIpc) is 3.09. The summed E-state index contributed by atoms with van der Waals surface area (Å²) in [6.07, 6.45) is 3.23. The number of aromatic nitrogens is 2. The van der Waals surface area contributed by atoms with Gasteiger partial charge in [-0.3, -0.25) is 14.6 Å². The van der Waals surface area contributed by atoms with Crippen LogP contribution in [-0.4, -0.2) is 21.0 Å². The molecule has 1 N–H and O–H groups in total. The fraction of sp³-hybridized carbons (Fsp3) is 0.227. The summed E-state index contributed by atoms with van der Waals surface area (Å²) >= 11 is 1.26. The maximum absolute atomic E-state index is 12.9. The molecule has 0 bridgehead atoms. The standard InChI is InChI=1S/C22H20N4O2S/c1-3-5-19(27)16-6-4-7-18(10-16)25-22(28)21-14(2)26-29-20(21)11-17-9-8-15(12-23)13-24-17/h4,6-10,13H,3,5,11H2,1-2H3,(H,25,28). The molecule has 6 nitrogen and oxygen atoms in total. The second kappa shape index (κ2) is 9.22. The fourth-order valence-electron chi connectivity index (χ4n) is 2.92. The monoisotopic (exact) mass is 404 g/mol. The van der Waals surface area contributed by atoms with E-state index in [1.807, 2.05) is 13.0 Å². The molecule has 1 aromatic carbocycles. The Hall–Kier alpha value is -3.37. The van der Waals surface area contributed by atoms with Crippen molar-refractivity contribution in [3.05, 3.63) is 75.6 Å². The van der Waals surface area contributed by atoms with E-state index in [1.54, 1.807) is 43.3 Å². The Balaban J connectivity index is 1.79. The molecule has 3 rings (SSSR count). The number of carbonyl (C=O) groups is 2. The van der Waals surface area contributed by atoms with Gasteiger partial charge in [0.05, 0.1) is 16.8 Å². The number of nitrogens with one attached hydrogen (secondary N) is 1. The molecule has 2 aromatic heterocycles. The van der Waals surface area contributed by atoms with Crippen LogP contribution in [0.1, 0.15) is 62.3 Å². The van der Waals surface area contributed by atoms with Gasteiger partial charge in [-0.2, -0.15) is 9.64 Å². The van der Waals surface area contributed by atoms with Crippen LogP contribution < -0.4 is 5.32 Å². The summed E-state index contributed by atoms with van der Waals surface area (Å²) in [6.45, 7) is 3.75. The fourth-order valence-corrected chi connectivity index (χ4v) is 3.81. The number of anilines is 1. The highest BCUT2D eigenvalue weighted by Crippen LogP contribution is 2.23. The Bertz CT molecular complexity index is 1080. The van der Waals surface area contributed by atoms with E-state index in [1.165, 1.54) is 17.7 Å². The van der Waals surface area contributed by atoms with Gasteiger partial charge in [-0.05, 0) is 49.1 Å². The summed E-state index contributed by atoms with van der Waals surface area (Å²) in [7, 11) is 0. The van der Waals surface area contributed by atoms with Crippen LogP contribution >= 0.6 is 11.5 Å². The van der Waals surface area contributed by atoms with Crippen molar-refractivity contribution in [2.75, 3.05) is 5.32 Å². The van der Waals surface area contributed by atoms with E-state index >= 15 is 0 Å². The number of hydrogen-bond donors (Lipinski definition) is 1. The van der Waals surface area contributed by atoms with Crippen LogP contribution in [0.3, 0.4) is 0 Å². The zero-order valence-electron chi connectivity index (χ0n) is 16.2. The zero-order valence-corrected chi connectivity index (χ0v) is 17.0. The lowest BCUT2D eigenvalue weighted by Crippen LogP contribution is -2.15. The summed E-state index contributed by atoms with van der Waals surface area (Å²) < 4.78 is 4.33. The number of benzene rings is 1. The number of rotatable bonds is 7. The van der Waals surface area contributed by atoms with Gasteiger partial charge in [-0.25, -0.2) is 0 Å². The lowest BCUT2D eigenvalue weighted by Gasteiger charge is -2.08. The first-order valence-corrected chi connectivity index (χ1v) is 10.0. The third-order valence-corrected chi connectivity index (χ3v) is 5.31. The minimum atomic E-state index is -0.264. The molecule has 3 aromatic rings. The van der Waals surface area contributed by atoms with Gasteiger partial charge < -0.3 is 5.32 Å². The van der Waals surface area contributed by atoms with Crippen molar-refractivity contribution in [3.63, 3.8) is 0 Å². The Labute approximate surface area is 173 Å². The molecule has 146 valence electrons. The lowest BCUT2D eigenvalue weighted by molar-refractivity contribution is 0.0979. The van der Waals surface area contributed by atoms with Gasteiger partial charge in [-0.15, -0.1) is 0 Å². The van der Waals surface area contributed by atoms with Crippen LogP contribution in [0.15, 0.2) is 42.6 Å². The van der Waals surface area contributed by atoms with Crippen molar-refractivity contribution in [1.29, 1.82) is 5.26 Å². The predicted molar refractivity (Wildman–Crippen MR) is 112 cm³/mol. The Kier molecular flexibility index (Phi) is 6.47. The van der Waals surface area contributed by atoms with Gasteiger partial charge in [0, 0.05) is 40.9 Å². The number of hydrogen-bond acceptors (Lipinski definition) is 6. The van der Waals surface area contributed by atoms with E-state index in [9.17, 15) is 9.59 Å². The molecule has 0 fully saturated rings. The molecule has 7 heteroatoms. The van der Waals surface area contributed by atoms with E-state index in [2.05, 4.69) is 14.7 Å². The van der Waals surface area contributed by atoms with Crippen LogP contribution in [0, 0.1) is 18.3 Å². The number of pyridine rings is 1. The molecular weight excluding hydrogens is 384 g/mol. The maximum atomic E-state index is 12.9. The highest BCUT2D eigenvalue weighted by molar-refractivity contribution is 7.06. The molecule has 0 unspecified atom stereocenters. The summed E-state index contributed by atoms with van der Waals surface area (Å²) in [5.74, 6) is -0.204. The molecule has 0 saturated carbocycles. The van der Waals surface area contributed by atoms with Gasteiger partial charge in [0.1, 0.15) is 6.07 Å². The minimum absolute atomic E-state index is 0.0598. The van der Waals surface area contributed by atoms with E-state index in [-0.39, 0.29) is 11.7 Å². The van der Waals surface area contributed by atoms with Crippen molar-refractivity contribution >= 4 is 28.9 Å².